The van der Waals surface area contributed by atoms with E-state index in [2.05, 4.69) is 20.9 Å². The number of benzene rings is 1. The summed E-state index contributed by atoms with van der Waals surface area (Å²) < 4.78 is 20.8. The quantitative estimate of drug-likeness (QED) is 0.808. The summed E-state index contributed by atoms with van der Waals surface area (Å²) >= 11 is 9.00. The van der Waals surface area contributed by atoms with E-state index in [-0.39, 0.29) is 11.7 Å². The van der Waals surface area contributed by atoms with Gasteiger partial charge in [0, 0.05) is 19.7 Å². The van der Waals surface area contributed by atoms with Crippen molar-refractivity contribution >= 4 is 38.6 Å². The number of ether oxygens (including phenoxy) is 1. The number of imidazole rings is 1. The first-order chi connectivity index (χ1) is 8.17. The molecule has 0 aliphatic carbocycles. The maximum atomic E-state index is 13.4. The highest BCUT2D eigenvalue weighted by Crippen LogP contribution is 2.24. The van der Waals surface area contributed by atoms with Crippen LogP contribution in [0.3, 0.4) is 0 Å². The van der Waals surface area contributed by atoms with Gasteiger partial charge in [0.25, 0.3) is 0 Å². The van der Waals surface area contributed by atoms with Gasteiger partial charge in [-0.2, -0.15) is 0 Å². The molecule has 0 aliphatic heterocycles. The number of fused-ring (bicyclic) bond motifs is 1. The van der Waals surface area contributed by atoms with E-state index in [4.69, 9.17) is 16.3 Å². The molecule has 0 N–H and O–H groups in total. The molecule has 0 amide bonds. The third kappa shape index (κ3) is 2.46. The van der Waals surface area contributed by atoms with Gasteiger partial charge in [-0.1, -0.05) is 0 Å². The van der Waals surface area contributed by atoms with Gasteiger partial charge in [0.1, 0.15) is 11.6 Å². The average Bonchev–Trinajstić information content (AvgIpc) is 2.64. The first-order valence-electron chi connectivity index (χ1n) is 5.06. The van der Waals surface area contributed by atoms with Crippen LogP contribution in [-0.4, -0.2) is 23.3 Å². The van der Waals surface area contributed by atoms with Crippen molar-refractivity contribution in [3.8, 4) is 0 Å². The SMILES string of the molecule is COCCn1c(CCl)nc2cc(F)c(Br)cc21. The monoisotopic (exact) mass is 320 g/mol. The molecule has 0 bridgehead atoms. The minimum atomic E-state index is -0.324. The van der Waals surface area contributed by atoms with Crippen molar-refractivity contribution in [1.82, 2.24) is 9.55 Å². The Bertz CT molecular complexity index is 544. The lowest BCUT2D eigenvalue weighted by molar-refractivity contribution is 0.187. The zero-order chi connectivity index (χ0) is 12.4. The van der Waals surface area contributed by atoms with Crippen molar-refractivity contribution in [3.05, 3.63) is 28.2 Å². The summed E-state index contributed by atoms with van der Waals surface area (Å²) in [5, 5.41) is 0. The van der Waals surface area contributed by atoms with Crippen molar-refractivity contribution in [2.24, 2.45) is 0 Å². The molecule has 2 rings (SSSR count). The van der Waals surface area contributed by atoms with E-state index in [1.54, 1.807) is 13.2 Å². The molecule has 17 heavy (non-hydrogen) atoms. The lowest BCUT2D eigenvalue weighted by Gasteiger charge is -2.06. The maximum absolute atomic E-state index is 13.4. The third-order valence-electron chi connectivity index (χ3n) is 2.51. The minimum Gasteiger partial charge on any atom is -0.383 e. The summed E-state index contributed by atoms with van der Waals surface area (Å²) in [6.07, 6.45) is 0. The molecule has 0 atom stereocenters. The van der Waals surface area contributed by atoms with Crippen LogP contribution in [0.5, 0.6) is 0 Å². The van der Waals surface area contributed by atoms with Gasteiger partial charge in [-0.25, -0.2) is 9.37 Å². The summed E-state index contributed by atoms with van der Waals surface area (Å²) in [7, 11) is 1.63. The summed E-state index contributed by atoms with van der Waals surface area (Å²) in [5.41, 5.74) is 1.46. The van der Waals surface area contributed by atoms with Crippen LogP contribution < -0.4 is 0 Å². The second kappa shape index (κ2) is 5.33. The summed E-state index contributed by atoms with van der Waals surface area (Å²) in [5.74, 6) is 0.684. The second-order valence-electron chi connectivity index (χ2n) is 3.56. The number of aromatic nitrogens is 2. The molecular weight excluding hydrogens is 310 g/mol. The first-order valence-corrected chi connectivity index (χ1v) is 6.39. The van der Waals surface area contributed by atoms with Crippen molar-refractivity contribution in [2.45, 2.75) is 12.4 Å². The normalized spacial score (nSPS) is 11.3. The number of rotatable bonds is 4. The Hall–Kier alpha value is -0.650. The van der Waals surface area contributed by atoms with Crippen molar-refractivity contribution < 1.29 is 9.13 Å². The fraction of sp³-hybridized carbons (Fsp3) is 0.364. The smallest absolute Gasteiger partial charge is 0.139 e. The minimum absolute atomic E-state index is 0.289. The number of methoxy groups -OCH3 is 1. The lowest BCUT2D eigenvalue weighted by Crippen LogP contribution is -2.07. The molecule has 0 fully saturated rings. The first kappa shape index (κ1) is 12.8. The van der Waals surface area contributed by atoms with Crippen LogP contribution in [0.2, 0.25) is 0 Å². The predicted octanol–water partition coefficient (Wildman–Crippen LogP) is 3.32. The third-order valence-corrected chi connectivity index (χ3v) is 3.35. The summed E-state index contributed by atoms with van der Waals surface area (Å²) in [6.45, 7) is 1.21. The van der Waals surface area contributed by atoms with Crippen LogP contribution in [0.1, 0.15) is 5.82 Å². The van der Waals surface area contributed by atoms with Gasteiger partial charge in [0.2, 0.25) is 0 Å². The molecule has 3 nitrogen and oxygen atoms in total. The molecular formula is C11H11BrClFN2O. The van der Waals surface area contributed by atoms with Crippen LogP contribution in [0, 0.1) is 5.82 Å². The summed E-state index contributed by atoms with van der Waals surface area (Å²) in [4.78, 5) is 4.30. The Morgan fingerprint density at radius 1 is 1.53 bits per heavy atom. The number of hydrogen-bond acceptors (Lipinski definition) is 2. The van der Waals surface area contributed by atoms with Gasteiger partial charge in [-0.15, -0.1) is 11.6 Å². The molecule has 0 unspecified atom stereocenters. The van der Waals surface area contributed by atoms with Gasteiger partial charge >= 0.3 is 0 Å². The van der Waals surface area contributed by atoms with E-state index in [1.165, 1.54) is 6.07 Å². The van der Waals surface area contributed by atoms with Crippen molar-refractivity contribution in [3.63, 3.8) is 0 Å². The highest BCUT2D eigenvalue weighted by atomic mass is 79.9. The molecule has 0 saturated carbocycles. The van der Waals surface area contributed by atoms with Crippen LogP contribution in [0.25, 0.3) is 11.0 Å². The van der Waals surface area contributed by atoms with E-state index in [0.717, 1.165) is 11.3 Å². The standard InChI is InChI=1S/C11H11BrClFN2O/c1-17-3-2-16-10-4-7(12)8(14)5-9(10)15-11(16)6-13/h4-5H,2-3,6H2,1H3. The highest BCUT2D eigenvalue weighted by Gasteiger charge is 2.12. The molecule has 0 radical (unpaired) electrons. The van der Waals surface area contributed by atoms with Crippen LogP contribution in [0.4, 0.5) is 4.39 Å². The van der Waals surface area contributed by atoms with Gasteiger partial charge in [0.15, 0.2) is 0 Å². The number of nitrogens with zero attached hydrogens (tertiary/aromatic N) is 2. The predicted molar refractivity (Wildman–Crippen MR) is 68.8 cm³/mol. The van der Waals surface area contributed by atoms with Crippen molar-refractivity contribution in [1.29, 1.82) is 0 Å². The number of halogens is 3. The van der Waals surface area contributed by atoms with E-state index in [0.29, 0.717) is 23.1 Å². The molecule has 1 aromatic heterocycles. The molecule has 2 aromatic rings. The second-order valence-corrected chi connectivity index (χ2v) is 4.68. The van der Waals surface area contributed by atoms with E-state index in [1.807, 2.05) is 4.57 Å². The van der Waals surface area contributed by atoms with E-state index >= 15 is 0 Å². The Morgan fingerprint density at radius 3 is 2.94 bits per heavy atom. The average molecular weight is 322 g/mol. The van der Waals surface area contributed by atoms with Gasteiger partial charge in [-0.3, -0.25) is 0 Å². The molecule has 6 heteroatoms. The van der Waals surface area contributed by atoms with E-state index < -0.39 is 0 Å². The Balaban J connectivity index is 2.57. The Kier molecular flexibility index (Phi) is 4.01. The number of alkyl halides is 1. The van der Waals surface area contributed by atoms with Crippen LogP contribution >= 0.6 is 27.5 Å². The fourth-order valence-corrected chi connectivity index (χ4v) is 2.24. The molecule has 92 valence electrons. The van der Waals surface area contributed by atoms with Crippen LogP contribution in [-0.2, 0) is 17.2 Å². The Morgan fingerprint density at radius 2 is 2.29 bits per heavy atom. The topological polar surface area (TPSA) is 27.1 Å². The lowest BCUT2D eigenvalue weighted by atomic mass is 10.3. The van der Waals surface area contributed by atoms with Crippen LogP contribution in [0.15, 0.2) is 16.6 Å². The molecule has 0 spiro atoms. The van der Waals surface area contributed by atoms with Gasteiger partial charge < -0.3 is 9.30 Å². The molecule has 0 aliphatic rings. The van der Waals surface area contributed by atoms with Gasteiger partial charge in [0.05, 0.1) is 28.0 Å². The van der Waals surface area contributed by atoms with E-state index in [9.17, 15) is 4.39 Å². The molecule has 0 saturated heterocycles. The van der Waals surface area contributed by atoms with Gasteiger partial charge in [-0.05, 0) is 22.0 Å². The zero-order valence-corrected chi connectivity index (χ0v) is 11.6. The number of hydrogen-bond donors (Lipinski definition) is 0. The van der Waals surface area contributed by atoms with Crippen molar-refractivity contribution in [2.75, 3.05) is 13.7 Å². The molecule has 1 aromatic carbocycles. The maximum Gasteiger partial charge on any atom is 0.139 e. The summed E-state index contributed by atoms with van der Waals surface area (Å²) in [6, 6.07) is 3.11. The Labute approximate surface area is 112 Å². The fourth-order valence-electron chi connectivity index (χ4n) is 1.70. The largest absolute Gasteiger partial charge is 0.383 e. The zero-order valence-electron chi connectivity index (χ0n) is 9.21. The highest BCUT2D eigenvalue weighted by molar-refractivity contribution is 9.10. The molecule has 1 heterocycles.